The van der Waals surface area contributed by atoms with Gasteiger partial charge in [0, 0.05) is 31.3 Å². The molecule has 2 N–H and O–H groups in total. The molecule has 2 amide bonds. The van der Waals surface area contributed by atoms with Gasteiger partial charge in [-0.1, -0.05) is 0 Å². The van der Waals surface area contributed by atoms with E-state index in [2.05, 4.69) is 10.4 Å². The van der Waals surface area contributed by atoms with Gasteiger partial charge in [-0.2, -0.15) is 5.10 Å². The largest absolute Gasteiger partial charge is 0.481 e. The number of hydrogen-bond acceptors (Lipinski definition) is 4. The molecule has 1 aliphatic heterocycles. The van der Waals surface area contributed by atoms with Crippen molar-refractivity contribution in [1.29, 1.82) is 0 Å². The Bertz CT molecular complexity index is 933. The molecular formula is C21H26N4O4. The Balaban J connectivity index is 1.80. The number of rotatable bonds is 6. The number of amides is 2. The highest BCUT2D eigenvalue weighted by Gasteiger charge is 2.33. The number of carbonyl (C=O) groups excluding carboxylic acids is 2. The smallest absolute Gasteiger partial charge is 0.303 e. The number of nitrogens with one attached hydrogen (secondary N) is 1. The van der Waals surface area contributed by atoms with E-state index in [4.69, 9.17) is 5.11 Å². The molecule has 0 saturated carbocycles. The van der Waals surface area contributed by atoms with Crippen LogP contribution in [0.25, 0.3) is 5.69 Å². The van der Waals surface area contributed by atoms with Crippen molar-refractivity contribution in [3.63, 3.8) is 0 Å². The summed E-state index contributed by atoms with van der Waals surface area (Å²) in [7, 11) is 1.58. The molecule has 2 aromatic rings. The Morgan fingerprint density at radius 2 is 1.90 bits per heavy atom. The van der Waals surface area contributed by atoms with Gasteiger partial charge < -0.3 is 15.3 Å². The van der Waals surface area contributed by atoms with E-state index in [1.807, 2.05) is 26.0 Å². The van der Waals surface area contributed by atoms with Crippen LogP contribution in [-0.4, -0.2) is 57.2 Å². The average Bonchev–Trinajstić information content (AvgIpc) is 3.30. The van der Waals surface area contributed by atoms with E-state index in [-0.39, 0.29) is 18.2 Å². The van der Waals surface area contributed by atoms with E-state index >= 15 is 0 Å². The summed E-state index contributed by atoms with van der Waals surface area (Å²) in [5.74, 6) is -1.13. The molecule has 1 aromatic carbocycles. The van der Waals surface area contributed by atoms with Gasteiger partial charge in [0.1, 0.15) is 6.04 Å². The molecule has 1 aliphatic rings. The number of likely N-dealkylation sites (N-methyl/N-ethyl adjacent to an activating group) is 1. The summed E-state index contributed by atoms with van der Waals surface area (Å²) in [6.45, 7) is 4.35. The maximum Gasteiger partial charge on any atom is 0.303 e. The topological polar surface area (TPSA) is 105 Å². The molecule has 1 aromatic heterocycles. The van der Waals surface area contributed by atoms with Gasteiger partial charge in [-0.25, -0.2) is 4.68 Å². The van der Waals surface area contributed by atoms with Crippen molar-refractivity contribution >= 4 is 17.8 Å². The van der Waals surface area contributed by atoms with Gasteiger partial charge >= 0.3 is 5.97 Å². The molecule has 1 saturated heterocycles. The lowest BCUT2D eigenvalue weighted by atomic mass is 10.1. The number of aliphatic carboxylic acids is 1. The summed E-state index contributed by atoms with van der Waals surface area (Å²) in [4.78, 5) is 37.4. The van der Waals surface area contributed by atoms with E-state index in [1.165, 1.54) is 0 Å². The first-order valence-electron chi connectivity index (χ1n) is 9.73. The lowest BCUT2D eigenvalue weighted by Gasteiger charge is -2.23. The molecule has 8 heteroatoms. The third-order valence-electron chi connectivity index (χ3n) is 5.45. The molecule has 0 radical (unpaired) electrons. The van der Waals surface area contributed by atoms with Crippen LogP contribution >= 0.6 is 0 Å². The highest BCUT2D eigenvalue weighted by molar-refractivity contribution is 5.98. The Hall–Kier alpha value is -3.16. The summed E-state index contributed by atoms with van der Waals surface area (Å²) in [5.41, 5.74) is 3.94. The second-order valence-electron chi connectivity index (χ2n) is 7.27. The first-order chi connectivity index (χ1) is 13.8. The van der Waals surface area contributed by atoms with Crippen LogP contribution in [0.15, 0.2) is 24.3 Å². The predicted molar refractivity (Wildman–Crippen MR) is 107 cm³/mol. The van der Waals surface area contributed by atoms with Crippen molar-refractivity contribution in [1.82, 2.24) is 20.0 Å². The lowest BCUT2D eigenvalue weighted by Crippen LogP contribution is -2.44. The Morgan fingerprint density at radius 1 is 1.21 bits per heavy atom. The Kier molecular flexibility index (Phi) is 6.00. The van der Waals surface area contributed by atoms with Crippen LogP contribution in [0.4, 0.5) is 0 Å². The fraction of sp³-hybridized carbons (Fsp3) is 0.429. The zero-order valence-electron chi connectivity index (χ0n) is 16.9. The van der Waals surface area contributed by atoms with Gasteiger partial charge in [-0.3, -0.25) is 14.4 Å². The number of nitrogens with zero attached hydrogens (tertiary/aromatic N) is 3. The summed E-state index contributed by atoms with van der Waals surface area (Å²) >= 11 is 0. The summed E-state index contributed by atoms with van der Waals surface area (Å²) in [5, 5.41) is 16.1. The van der Waals surface area contributed by atoms with Crippen molar-refractivity contribution in [2.24, 2.45) is 0 Å². The molecule has 29 heavy (non-hydrogen) atoms. The third-order valence-corrected chi connectivity index (χ3v) is 5.45. The molecule has 154 valence electrons. The lowest BCUT2D eigenvalue weighted by molar-refractivity contribution is -0.137. The molecule has 3 rings (SSSR count). The van der Waals surface area contributed by atoms with Gasteiger partial charge in [-0.05, 0) is 62.9 Å². The summed E-state index contributed by atoms with van der Waals surface area (Å²) < 4.78 is 1.77. The second-order valence-corrected chi connectivity index (χ2v) is 7.27. The van der Waals surface area contributed by atoms with Gasteiger partial charge in [0.15, 0.2) is 0 Å². The number of likely N-dealkylation sites (tertiary alicyclic amines) is 1. The Labute approximate surface area is 169 Å². The van der Waals surface area contributed by atoms with Crippen LogP contribution < -0.4 is 5.32 Å². The number of carboxylic acid groups (broad SMARTS) is 1. The summed E-state index contributed by atoms with van der Waals surface area (Å²) in [6.07, 6.45) is 1.98. The molecule has 1 atom stereocenters. The van der Waals surface area contributed by atoms with E-state index in [1.54, 1.807) is 28.8 Å². The molecular weight excluding hydrogens is 372 g/mol. The molecule has 1 fully saturated rings. The SMILES string of the molecule is CNC(=O)[C@@H]1CCCN1C(=O)c1ccc(-n2nc(C)c(CCC(=O)O)c2C)cc1. The number of aryl methyl sites for hydroxylation is 1. The molecule has 2 heterocycles. The van der Waals surface area contributed by atoms with Crippen molar-refractivity contribution in [3.8, 4) is 5.69 Å². The van der Waals surface area contributed by atoms with Crippen LogP contribution in [0, 0.1) is 13.8 Å². The van der Waals surface area contributed by atoms with Crippen molar-refractivity contribution < 1.29 is 19.5 Å². The number of carbonyl (C=O) groups is 3. The maximum absolute atomic E-state index is 12.9. The van der Waals surface area contributed by atoms with Crippen LogP contribution in [0.5, 0.6) is 0 Å². The third kappa shape index (κ3) is 4.16. The van der Waals surface area contributed by atoms with Crippen LogP contribution in [-0.2, 0) is 16.0 Å². The minimum atomic E-state index is -0.837. The van der Waals surface area contributed by atoms with Crippen LogP contribution in [0.3, 0.4) is 0 Å². The first kappa shape index (κ1) is 20.6. The number of benzene rings is 1. The van der Waals surface area contributed by atoms with Crippen LogP contribution in [0.1, 0.15) is 46.6 Å². The molecule has 0 spiro atoms. The monoisotopic (exact) mass is 398 g/mol. The fourth-order valence-corrected chi connectivity index (χ4v) is 3.88. The van der Waals surface area contributed by atoms with Gasteiger partial charge in [0.2, 0.25) is 5.91 Å². The van der Waals surface area contributed by atoms with Gasteiger partial charge in [0.25, 0.3) is 5.91 Å². The van der Waals surface area contributed by atoms with E-state index in [0.717, 1.165) is 29.1 Å². The van der Waals surface area contributed by atoms with Crippen molar-refractivity contribution in [2.75, 3.05) is 13.6 Å². The quantitative estimate of drug-likeness (QED) is 0.773. The Morgan fingerprint density at radius 3 is 2.52 bits per heavy atom. The number of carboxylic acids is 1. The molecule has 0 bridgehead atoms. The van der Waals surface area contributed by atoms with Crippen molar-refractivity contribution in [3.05, 3.63) is 46.8 Å². The number of hydrogen-bond donors (Lipinski definition) is 2. The highest BCUT2D eigenvalue weighted by Crippen LogP contribution is 2.23. The maximum atomic E-state index is 12.9. The van der Waals surface area contributed by atoms with E-state index in [9.17, 15) is 14.4 Å². The molecule has 0 aliphatic carbocycles. The number of aromatic nitrogens is 2. The van der Waals surface area contributed by atoms with E-state index < -0.39 is 12.0 Å². The van der Waals surface area contributed by atoms with Crippen molar-refractivity contribution in [2.45, 2.75) is 45.6 Å². The van der Waals surface area contributed by atoms with Gasteiger partial charge in [-0.15, -0.1) is 0 Å². The van der Waals surface area contributed by atoms with Gasteiger partial charge in [0.05, 0.1) is 11.4 Å². The minimum absolute atomic E-state index is 0.0587. The molecule has 8 nitrogen and oxygen atoms in total. The zero-order valence-corrected chi connectivity index (χ0v) is 16.9. The standard InChI is InChI=1S/C21H26N4O4/c1-13-17(10-11-19(26)27)14(2)25(23-13)16-8-6-15(7-9-16)21(29)24-12-4-5-18(24)20(28)22-3/h6-9,18H,4-5,10-12H2,1-3H3,(H,22,28)(H,26,27)/t18-/m0/s1. The zero-order chi connectivity index (χ0) is 21.1. The fourth-order valence-electron chi connectivity index (χ4n) is 3.88. The van der Waals surface area contributed by atoms with E-state index in [0.29, 0.717) is 24.9 Å². The predicted octanol–water partition coefficient (Wildman–Crippen LogP) is 1.86. The highest BCUT2D eigenvalue weighted by atomic mass is 16.4. The minimum Gasteiger partial charge on any atom is -0.481 e. The van der Waals surface area contributed by atoms with Crippen LogP contribution in [0.2, 0.25) is 0 Å². The first-order valence-corrected chi connectivity index (χ1v) is 9.73. The average molecular weight is 398 g/mol. The molecule has 0 unspecified atom stereocenters. The normalized spacial score (nSPS) is 16.1. The summed E-state index contributed by atoms with van der Waals surface area (Å²) in [6, 6.07) is 6.70. The second kappa shape index (κ2) is 8.46.